The normalized spacial score (nSPS) is 17.7. The van der Waals surface area contributed by atoms with Crippen molar-refractivity contribution >= 4 is 5.91 Å². The predicted octanol–water partition coefficient (Wildman–Crippen LogP) is 23.9. The largest absolute Gasteiger partial charge is 0.394 e. The molecular formula is C83H161NO8. The maximum Gasteiger partial charge on any atom is 0.220 e. The molecule has 1 heterocycles. The van der Waals surface area contributed by atoms with E-state index in [2.05, 4.69) is 43.5 Å². The van der Waals surface area contributed by atoms with Crippen molar-refractivity contribution in [2.24, 2.45) is 0 Å². The van der Waals surface area contributed by atoms with Crippen LogP contribution in [0.1, 0.15) is 444 Å². The molecule has 6 N–H and O–H groups in total. The molecule has 0 aromatic rings. The molecule has 1 aliphatic rings. The first-order valence-electron chi connectivity index (χ1n) is 41.5. The SMILES string of the molecule is CCCCCCC/C=C\C/C=C\CCCCCCCCCCCCCCCCCCCCCCCCCCCCCCCC(=O)NC(COC1OC(CO)C(O)C(O)C1O)C(O)CCCCCCCCCCCCCCCCCCCCCCCCCCCCCC. The van der Waals surface area contributed by atoms with E-state index in [0.29, 0.717) is 12.8 Å². The number of aliphatic hydroxyl groups is 5. The summed E-state index contributed by atoms with van der Waals surface area (Å²) in [6.07, 6.45) is 90.2. The van der Waals surface area contributed by atoms with Crippen molar-refractivity contribution < 1.29 is 39.8 Å². The number of carbonyl (C=O) groups excluding carboxylic acids is 1. The van der Waals surface area contributed by atoms with Gasteiger partial charge in [0.15, 0.2) is 6.29 Å². The van der Waals surface area contributed by atoms with Crippen LogP contribution in [0, 0.1) is 0 Å². The maximum atomic E-state index is 13.2. The van der Waals surface area contributed by atoms with Gasteiger partial charge in [0.25, 0.3) is 0 Å². The van der Waals surface area contributed by atoms with Crippen molar-refractivity contribution in [1.29, 1.82) is 0 Å². The van der Waals surface area contributed by atoms with E-state index in [4.69, 9.17) is 9.47 Å². The third-order valence-electron chi connectivity index (χ3n) is 20.3. The van der Waals surface area contributed by atoms with Gasteiger partial charge in [-0.2, -0.15) is 0 Å². The molecule has 9 heteroatoms. The van der Waals surface area contributed by atoms with Crippen molar-refractivity contribution in [3.63, 3.8) is 0 Å². The van der Waals surface area contributed by atoms with Crippen LogP contribution in [0.2, 0.25) is 0 Å². The molecule has 1 aliphatic heterocycles. The van der Waals surface area contributed by atoms with Crippen molar-refractivity contribution in [2.75, 3.05) is 13.2 Å². The summed E-state index contributed by atoms with van der Waals surface area (Å²) in [4.78, 5) is 13.2. The van der Waals surface area contributed by atoms with Gasteiger partial charge in [-0.3, -0.25) is 4.79 Å². The number of carbonyl (C=O) groups is 1. The fourth-order valence-electron chi connectivity index (χ4n) is 13.8. The number of unbranched alkanes of at least 4 members (excludes halogenated alkanes) is 61. The number of amides is 1. The second-order valence-electron chi connectivity index (χ2n) is 29.3. The molecule has 1 saturated heterocycles. The Kier molecular flexibility index (Phi) is 69.8. The zero-order valence-corrected chi connectivity index (χ0v) is 61.6. The minimum atomic E-state index is -1.55. The molecule has 1 rings (SSSR count). The first-order chi connectivity index (χ1) is 45.3. The first kappa shape index (κ1) is 88.7. The molecule has 92 heavy (non-hydrogen) atoms. The minimum Gasteiger partial charge on any atom is -0.394 e. The number of ether oxygens (including phenoxy) is 2. The molecule has 1 fully saturated rings. The average Bonchev–Trinajstić information content (AvgIpc) is 1.00. The molecule has 7 unspecified atom stereocenters. The van der Waals surface area contributed by atoms with Crippen LogP contribution in [0.3, 0.4) is 0 Å². The lowest BCUT2D eigenvalue weighted by Crippen LogP contribution is -2.60. The number of hydrogen-bond acceptors (Lipinski definition) is 8. The van der Waals surface area contributed by atoms with E-state index in [1.54, 1.807) is 0 Å². The van der Waals surface area contributed by atoms with Gasteiger partial charge in [0.1, 0.15) is 24.4 Å². The van der Waals surface area contributed by atoms with E-state index in [-0.39, 0.29) is 12.5 Å². The molecule has 546 valence electrons. The van der Waals surface area contributed by atoms with Gasteiger partial charge in [-0.25, -0.2) is 0 Å². The average molecular weight is 1300 g/mol. The fraction of sp³-hybridized carbons (Fsp3) is 0.940. The first-order valence-corrected chi connectivity index (χ1v) is 41.5. The summed E-state index contributed by atoms with van der Waals surface area (Å²) in [5, 5.41) is 55.1. The second kappa shape index (κ2) is 72.4. The lowest BCUT2D eigenvalue weighted by atomic mass is 9.99. The van der Waals surface area contributed by atoms with E-state index >= 15 is 0 Å². The molecule has 0 saturated carbocycles. The van der Waals surface area contributed by atoms with E-state index in [0.717, 1.165) is 44.9 Å². The second-order valence-corrected chi connectivity index (χ2v) is 29.3. The molecule has 7 atom stereocenters. The van der Waals surface area contributed by atoms with Crippen molar-refractivity contribution in [2.45, 2.75) is 487 Å². The smallest absolute Gasteiger partial charge is 0.220 e. The summed E-state index contributed by atoms with van der Waals surface area (Å²) < 4.78 is 11.4. The van der Waals surface area contributed by atoms with Gasteiger partial charge in [0.05, 0.1) is 25.4 Å². The molecular weight excluding hydrogens is 1140 g/mol. The van der Waals surface area contributed by atoms with Crippen LogP contribution in [0.4, 0.5) is 0 Å². The molecule has 0 bridgehead atoms. The molecule has 0 aromatic heterocycles. The lowest BCUT2D eigenvalue weighted by molar-refractivity contribution is -0.302. The quantitative estimate of drug-likeness (QED) is 0.0261. The Hall–Kier alpha value is -1.33. The van der Waals surface area contributed by atoms with Crippen LogP contribution in [-0.2, 0) is 14.3 Å². The molecule has 0 aromatic carbocycles. The highest BCUT2D eigenvalue weighted by molar-refractivity contribution is 5.76. The summed E-state index contributed by atoms with van der Waals surface area (Å²) >= 11 is 0. The Morgan fingerprint density at radius 3 is 0.935 bits per heavy atom. The zero-order chi connectivity index (χ0) is 66.4. The summed E-state index contributed by atoms with van der Waals surface area (Å²) in [5.74, 6) is -0.133. The van der Waals surface area contributed by atoms with E-state index in [1.165, 1.54) is 372 Å². The molecule has 0 spiro atoms. The van der Waals surface area contributed by atoms with Crippen LogP contribution in [0.5, 0.6) is 0 Å². The minimum absolute atomic E-state index is 0.131. The monoisotopic (exact) mass is 1300 g/mol. The highest BCUT2D eigenvalue weighted by Crippen LogP contribution is 2.25. The standard InChI is InChI=1S/C83H161NO8/c1-3-5-7-9-11-13-15-17-19-21-23-25-27-29-31-33-34-35-36-37-38-39-40-41-42-43-44-45-47-49-51-53-55-57-59-61-63-65-67-69-71-73-79(87)84-76(75-91-83-82(90)81(89)80(88)78(74-85)92-83)77(86)72-70-68-66-64-62-60-58-56-54-52-50-48-46-32-30-28-26-24-22-20-18-16-14-12-10-8-6-4-2/h15,17,21,23,76-78,80-83,85-86,88-90H,3-14,16,18-20,22,24-75H2,1-2H3,(H,84,87)/b17-15-,23-21-. The predicted molar refractivity (Wildman–Crippen MR) is 397 cm³/mol. The van der Waals surface area contributed by atoms with Gasteiger partial charge in [0, 0.05) is 6.42 Å². The van der Waals surface area contributed by atoms with Crippen LogP contribution >= 0.6 is 0 Å². The van der Waals surface area contributed by atoms with Crippen LogP contribution in [0.15, 0.2) is 24.3 Å². The van der Waals surface area contributed by atoms with Crippen LogP contribution in [-0.4, -0.2) is 87.5 Å². The van der Waals surface area contributed by atoms with E-state index in [1.807, 2.05) is 0 Å². The Bertz CT molecular complexity index is 1510. The molecule has 1 amide bonds. The summed E-state index contributed by atoms with van der Waals surface area (Å²) in [5.41, 5.74) is 0. The third-order valence-corrected chi connectivity index (χ3v) is 20.3. The number of allylic oxidation sites excluding steroid dienone is 4. The van der Waals surface area contributed by atoms with Crippen LogP contribution < -0.4 is 5.32 Å². The number of hydrogen-bond donors (Lipinski definition) is 6. The summed E-state index contributed by atoms with van der Waals surface area (Å²) in [6, 6.07) is -0.718. The third kappa shape index (κ3) is 59.9. The van der Waals surface area contributed by atoms with Gasteiger partial charge in [0.2, 0.25) is 5.91 Å². The Morgan fingerprint density at radius 2 is 0.641 bits per heavy atom. The fourth-order valence-corrected chi connectivity index (χ4v) is 13.8. The van der Waals surface area contributed by atoms with Gasteiger partial charge in [-0.15, -0.1) is 0 Å². The van der Waals surface area contributed by atoms with Crippen molar-refractivity contribution in [3.05, 3.63) is 24.3 Å². The number of aliphatic hydroxyl groups excluding tert-OH is 5. The highest BCUT2D eigenvalue weighted by Gasteiger charge is 2.44. The summed E-state index contributed by atoms with van der Waals surface area (Å²) in [6.45, 7) is 3.90. The van der Waals surface area contributed by atoms with E-state index < -0.39 is 49.5 Å². The zero-order valence-electron chi connectivity index (χ0n) is 61.6. The van der Waals surface area contributed by atoms with Crippen LogP contribution in [0.25, 0.3) is 0 Å². The van der Waals surface area contributed by atoms with E-state index in [9.17, 15) is 30.3 Å². The number of nitrogens with one attached hydrogen (secondary N) is 1. The molecule has 0 aliphatic carbocycles. The van der Waals surface area contributed by atoms with Crippen molar-refractivity contribution in [1.82, 2.24) is 5.32 Å². The lowest BCUT2D eigenvalue weighted by Gasteiger charge is -2.40. The van der Waals surface area contributed by atoms with Crippen molar-refractivity contribution in [3.8, 4) is 0 Å². The van der Waals surface area contributed by atoms with Gasteiger partial charge in [-0.05, 0) is 44.9 Å². The Labute approximate surface area is 572 Å². The maximum absolute atomic E-state index is 13.2. The molecule has 9 nitrogen and oxygen atoms in total. The van der Waals surface area contributed by atoms with Gasteiger partial charge in [-0.1, -0.05) is 417 Å². The Morgan fingerprint density at radius 1 is 0.370 bits per heavy atom. The van der Waals surface area contributed by atoms with Gasteiger partial charge >= 0.3 is 0 Å². The Balaban J connectivity index is 2.01. The topological polar surface area (TPSA) is 149 Å². The summed E-state index contributed by atoms with van der Waals surface area (Å²) in [7, 11) is 0. The number of rotatable bonds is 75. The van der Waals surface area contributed by atoms with Gasteiger partial charge < -0.3 is 40.3 Å². The molecule has 0 radical (unpaired) electrons. The highest BCUT2D eigenvalue weighted by atomic mass is 16.7.